The molecule has 0 aromatic heterocycles. The second-order valence-electron chi connectivity index (χ2n) is 6.85. The topological polar surface area (TPSA) is 91.3 Å². The number of esters is 2. The molecule has 2 aromatic rings. The third-order valence-electron chi connectivity index (χ3n) is 4.86. The molecule has 0 aliphatic carbocycles. The Morgan fingerprint density at radius 3 is 2.43 bits per heavy atom. The van der Waals surface area contributed by atoms with Gasteiger partial charge in [-0.1, -0.05) is 24.3 Å². The molecule has 3 rings (SSSR count). The molecule has 4 atom stereocenters. The number of hydrogen-bond acceptors (Lipinski definition) is 7. The first-order chi connectivity index (χ1) is 13.3. The van der Waals surface area contributed by atoms with Crippen LogP contribution in [0, 0.1) is 0 Å². The van der Waals surface area contributed by atoms with E-state index in [9.17, 15) is 14.7 Å². The van der Waals surface area contributed by atoms with Crippen molar-refractivity contribution < 1.29 is 33.6 Å². The van der Waals surface area contributed by atoms with Crippen molar-refractivity contribution in [3.8, 4) is 11.5 Å². The molecule has 0 spiro atoms. The molecule has 1 heterocycles. The smallest absolute Gasteiger partial charge is 0.303 e. The average molecular weight is 388 g/mol. The summed E-state index contributed by atoms with van der Waals surface area (Å²) in [7, 11) is 1.57. The van der Waals surface area contributed by atoms with E-state index in [1.54, 1.807) is 32.2 Å². The Morgan fingerprint density at radius 2 is 1.79 bits per heavy atom. The van der Waals surface area contributed by atoms with E-state index in [0.717, 1.165) is 5.39 Å². The molecule has 1 aliphatic heterocycles. The third-order valence-corrected chi connectivity index (χ3v) is 4.86. The number of methoxy groups -OCH3 is 1. The number of aromatic hydroxyl groups is 1. The van der Waals surface area contributed by atoms with Crippen molar-refractivity contribution in [3.63, 3.8) is 0 Å². The number of ether oxygens (including phenoxy) is 4. The van der Waals surface area contributed by atoms with Gasteiger partial charge >= 0.3 is 11.9 Å². The molecule has 1 fully saturated rings. The summed E-state index contributed by atoms with van der Waals surface area (Å²) >= 11 is 0. The number of fused-ring (bicyclic) bond motifs is 1. The molecule has 7 heteroatoms. The predicted molar refractivity (Wildman–Crippen MR) is 101 cm³/mol. The summed E-state index contributed by atoms with van der Waals surface area (Å²) in [6, 6.07) is 9.05. The molecule has 28 heavy (non-hydrogen) atoms. The van der Waals surface area contributed by atoms with Gasteiger partial charge in [0.25, 0.3) is 0 Å². The maximum atomic E-state index is 11.5. The summed E-state index contributed by atoms with van der Waals surface area (Å²) in [5.41, 5.74) is 0.575. The fraction of sp³-hybridized carbons (Fsp3) is 0.429. The minimum atomic E-state index is -0.708. The number of hydrogen-bond donors (Lipinski definition) is 1. The monoisotopic (exact) mass is 388 g/mol. The van der Waals surface area contributed by atoms with Crippen LogP contribution < -0.4 is 4.74 Å². The van der Waals surface area contributed by atoms with Crippen LogP contribution in [0.4, 0.5) is 0 Å². The first-order valence-electron chi connectivity index (χ1n) is 9.10. The Balaban J connectivity index is 1.96. The van der Waals surface area contributed by atoms with Crippen LogP contribution in [0.1, 0.15) is 38.9 Å². The Labute approximate surface area is 163 Å². The van der Waals surface area contributed by atoms with Gasteiger partial charge in [0.2, 0.25) is 0 Å². The van der Waals surface area contributed by atoms with Gasteiger partial charge in [0.15, 0.2) is 6.10 Å². The first kappa shape index (κ1) is 19.9. The number of carbonyl (C=O) groups is 2. The van der Waals surface area contributed by atoms with Crippen molar-refractivity contribution in [3.05, 3.63) is 35.9 Å². The predicted octanol–water partition coefficient (Wildman–Crippen LogP) is 3.27. The van der Waals surface area contributed by atoms with E-state index < -0.39 is 36.4 Å². The van der Waals surface area contributed by atoms with Crippen LogP contribution >= 0.6 is 0 Å². The minimum absolute atomic E-state index is 0.0844. The Bertz CT molecular complexity index is 892. The highest BCUT2D eigenvalue weighted by atomic mass is 16.6. The van der Waals surface area contributed by atoms with E-state index in [-0.39, 0.29) is 12.2 Å². The zero-order chi connectivity index (χ0) is 20.4. The molecule has 7 nitrogen and oxygen atoms in total. The number of phenols is 1. The quantitative estimate of drug-likeness (QED) is 0.804. The molecule has 1 unspecified atom stereocenters. The summed E-state index contributed by atoms with van der Waals surface area (Å²) in [4.78, 5) is 23.0. The van der Waals surface area contributed by atoms with Gasteiger partial charge in [-0.15, -0.1) is 0 Å². The number of rotatable bonds is 4. The van der Waals surface area contributed by atoms with Crippen LogP contribution in [0.3, 0.4) is 0 Å². The SMILES string of the molecule is COc1cccc2c(O)c([C@H]3C[C@@H](OC(C)=O)[C@H](OC(C)=O)C(C)O3)ccc12. The van der Waals surface area contributed by atoms with Gasteiger partial charge in [-0.2, -0.15) is 0 Å². The maximum Gasteiger partial charge on any atom is 0.303 e. The van der Waals surface area contributed by atoms with Gasteiger partial charge in [-0.05, 0) is 13.0 Å². The highest BCUT2D eigenvalue weighted by Gasteiger charge is 2.42. The van der Waals surface area contributed by atoms with Crippen LogP contribution in [-0.2, 0) is 23.8 Å². The largest absolute Gasteiger partial charge is 0.507 e. The summed E-state index contributed by atoms with van der Waals surface area (Å²) in [5.74, 6) is -0.203. The third kappa shape index (κ3) is 3.89. The second-order valence-corrected chi connectivity index (χ2v) is 6.85. The van der Waals surface area contributed by atoms with E-state index in [1.165, 1.54) is 13.8 Å². The van der Waals surface area contributed by atoms with Crippen LogP contribution in [0.2, 0.25) is 0 Å². The van der Waals surface area contributed by atoms with Crippen molar-refractivity contribution in [2.75, 3.05) is 7.11 Å². The van der Waals surface area contributed by atoms with E-state index in [0.29, 0.717) is 16.7 Å². The molecule has 2 aromatic carbocycles. The van der Waals surface area contributed by atoms with Crippen LogP contribution in [0.5, 0.6) is 11.5 Å². The van der Waals surface area contributed by atoms with Gasteiger partial charge in [0.05, 0.1) is 19.3 Å². The van der Waals surface area contributed by atoms with E-state index >= 15 is 0 Å². The van der Waals surface area contributed by atoms with Gasteiger partial charge < -0.3 is 24.1 Å². The fourth-order valence-electron chi connectivity index (χ4n) is 3.70. The summed E-state index contributed by atoms with van der Waals surface area (Å²) in [5, 5.41) is 12.3. The lowest BCUT2D eigenvalue weighted by Gasteiger charge is -2.39. The number of carbonyl (C=O) groups excluding carboxylic acids is 2. The van der Waals surface area contributed by atoms with Crippen LogP contribution in [0.15, 0.2) is 30.3 Å². The van der Waals surface area contributed by atoms with Crippen molar-refractivity contribution in [2.45, 2.75) is 51.6 Å². The highest BCUT2D eigenvalue weighted by molar-refractivity contribution is 5.94. The molecule has 0 amide bonds. The Kier molecular flexibility index (Phi) is 5.74. The van der Waals surface area contributed by atoms with Gasteiger partial charge in [0.1, 0.15) is 17.6 Å². The summed E-state index contributed by atoms with van der Waals surface area (Å²) in [6.07, 6.45) is -2.17. The molecule has 0 bridgehead atoms. The molecule has 0 radical (unpaired) electrons. The Hall–Kier alpha value is -2.80. The van der Waals surface area contributed by atoms with Gasteiger partial charge in [0, 0.05) is 36.6 Å². The fourth-order valence-corrected chi connectivity index (χ4v) is 3.70. The number of phenolic OH excluding ortho intramolecular Hbond substituents is 1. The maximum absolute atomic E-state index is 11.5. The zero-order valence-electron chi connectivity index (χ0n) is 16.3. The van der Waals surface area contributed by atoms with Crippen LogP contribution in [0.25, 0.3) is 10.8 Å². The standard InChI is InChI=1S/C21H24O7/c1-11-21(28-13(3)23)19(27-12(2)22)10-18(26-11)16-9-8-14-15(20(16)24)6-5-7-17(14)25-4/h5-9,11,18-19,21,24H,10H2,1-4H3/t11?,18-,19-,21-/m1/s1. The zero-order valence-corrected chi connectivity index (χ0v) is 16.3. The molecule has 150 valence electrons. The van der Waals surface area contributed by atoms with Crippen molar-refractivity contribution in [1.82, 2.24) is 0 Å². The molecular formula is C21H24O7. The number of benzene rings is 2. The normalized spacial score (nSPS) is 24.6. The lowest BCUT2D eigenvalue weighted by atomic mass is 9.92. The molecular weight excluding hydrogens is 364 g/mol. The summed E-state index contributed by atoms with van der Waals surface area (Å²) < 4.78 is 22.1. The molecule has 1 saturated heterocycles. The van der Waals surface area contributed by atoms with Crippen molar-refractivity contribution in [2.24, 2.45) is 0 Å². The Morgan fingerprint density at radius 1 is 1.07 bits per heavy atom. The van der Waals surface area contributed by atoms with Crippen molar-refractivity contribution in [1.29, 1.82) is 0 Å². The molecule has 1 aliphatic rings. The van der Waals surface area contributed by atoms with Crippen molar-refractivity contribution >= 4 is 22.7 Å². The van der Waals surface area contributed by atoms with Crippen LogP contribution in [-0.4, -0.2) is 42.5 Å². The van der Waals surface area contributed by atoms with E-state index in [4.69, 9.17) is 18.9 Å². The highest BCUT2D eigenvalue weighted by Crippen LogP contribution is 2.42. The second kappa shape index (κ2) is 8.06. The van der Waals surface area contributed by atoms with E-state index in [2.05, 4.69) is 0 Å². The van der Waals surface area contributed by atoms with Gasteiger partial charge in [-0.3, -0.25) is 9.59 Å². The average Bonchev–Trinajstić information content (AvgIpc) is 2.63. The van der Waals surface area contributed by atoms with Gasteiger partial charge in [-0.25, -0.2) is 0 Å². The summed E-state index contributed by atoms with van der Waals surface area (Å²) in [6.45, 7) is 4.35. The molecule has 0 saturated carbocycles. The van der Waals surface area contributed by atoms with E-state index in [1.807, 2.05) is 12.1 Å². The first-order valence-corrected chi connectivity index (χ1v) is 9.10. The minimum Gasteiger partial charge on any atom is -0.507 e. The lowest BCUT2D eigenvalue weighted by molar-refractivity contribution is -0.204. The lowest BCUT2D eigenvalue weighted by Crippen LogP contribution is -2.48. The molecule has 1 N–H and O–H groups in total.